The molecule has 1 aromatic rings. The molecule has 1 N–H and O–H groups in total. The number of aromatic nitrogens is 1. The van der Waals surface area contributed by atoms with Crippen LogP contribution >= 0.6 is 0 Å². The van der Waals surface area contributed by atoms with Crippen molar-refractivity contribution in [3.05, 3.63) is 28.2 Å². The monoisotopic (exact) mass is 326 g/mol. The summed E-state index contributed by atoms with van der Waals surface area (Å²) in [5.41, 5.74) is 0.569. The molecule has 0 fully saturated rings. The van der Waals surface area contributed by atoms with E-state index in [9.17, 15) is 9.90 Å². The molecule has 0 saturated heterocycles. The number of methoxy groups -OCH3 is 2. The van der Waals surface area contributed by atoms with Crippen molar-refractivity contribution in [1.29, 1.82) is 0 Å². The summed E-state index contributed by atoms with van der Waals surface area (Å²) in [4.78, 5) is 14.0. The first kappa shape index (κ1) is 19.7. The zero-order chi connectivity index (χ0) is 17.2. The van der Waals surface area contributed by atoms with E-state index in [0.717, 1.165) is 31.7 Å². The van der Waals surface area contributed by atoms with Crippen molar-refractivity contribution in [2.45, 2.75) is 33.4 Å². The Morgan fingerprint density at radius 2 is 1.83 bits per heavy atom. The molecule has 0 radical (unpaired) electrons. The van der Waals surface area contributed by atoms with Gasteiger partial charge in [0.25, 0.3) is 0 Å². The Balaban J connectivity index is 2.92. The van der Waals surface area contributed by atoms with Gasteiger partial charge in [-0.05, 0) is 12.3 Å². The van der Waals surface area contributed by atoms with E-state index in [0.29, 0.717) is 25.7 Å². The molecule has 0 aliphatic heterocycles. The first-order chi connectivity index (χ1) is 11.0. The largest absolute Gasteiger partial charge is 0.503 e. The lowest BCUT2D eigenvalue weighted by Gasteiger charge is -2.24. The zero-order valence-corrected chi connectivity index (χ0v) is 14.7. The number of aromatic hydroxyl groups is 1. The summed E-state index contributed by atoms with van der Waals surface area (Å²) in [5, 5.41) is 9.72. The smallest absolute Gasteiger partial charge is 0.223 e. The standard InChI is InChI=1S/C17H30N2O4/c1-14(2)5-6-19-13-17(21)16(20)11-15(19)12-18(7-9-22-3)8-10-23-4/h11,13-14,21H,5-10,12H2,1-4H3. The summed E-state index contributed by atoms with van der Waals surface area (Å²) in [7, 11) is 3.35. The van der Waals surface area contributed by atoms with E-state index in [1.165, 1.54) is 6.07 Å². The molecule has 6 heteroatoms. The third kappa shape index (κ3) is 7.16. The molecular formula is C17H30N2O4. The first-order valence-corrected chi connectivity index (χ1v) is 8.10. The number of hydrogen-bond acceptors (Lipinski definition) is 5. The van der Waals surface area contributed by atoms with Crippen molar-refractivity contribution in [2.75, 3.05) is 40.5 Å². The van der Waals surface area contributed by atoms with Crippen molar-refractivity contribution in [3.63, 3.8) is 0 Å². The maximum Gasteiger partial charge on any atom is 0.223 e. The quantitative estimate of drug-likeness (QED) is 0.670. The normalized spacial score (nSPS) is 11.6. The van der Waals surface area contributed by atoms with Gasteiger partial charge in [0.1, 0.15) is 0 Å². The number of ether oxygens (including phenoxy) is 2. The van der Waals surface area contributed by atoms with Crippen LogP contribution < -0.4 is 5.43 Å². The van der Waals surface area contributed by atoms with Gasteiger partial charge in [-0.3, -0.25) is 9.69 Å². The summed E-state index contributed by atoms with van der Waals surface area (Å²) < 4.78 is 12.3. The number of hydrogen-bond donors (Lipinski definition) is 1. The molecule has 1 heterocycles. The average molecular weight is 326 g/mol. The molecule has 0 unspecified atom stereocenters. The topological polar surface area (TPSA) is 63.9 Å². The number of rotatable bonds is 11. The van der Waals surface area contributed by atoms with Crippen molar-refractivity contribution in [1.82, 2.24) is 9.47 Å². The van der Waals surface area contributed by atoms with E-state index in [1.807, 2.05) is 4.57 Å². The van der Waals surface area contributed by atoms with Gasteiger partial charge in [-0.25, -0.2) is 0 Å². The maximum atomic E-state index is 11.8. The van der Waals surface area contributed by atoms with E-state index in [-0.39, 0.29) is 11.2 Å². The maximum absolute atomic E-state index is 11.8. The fraction of sp³-hybridized carbons (Fsp3) is 0.706. The van der Waals surface area contributed by atoms with Gasteiger partial charge in [0.05, 0.1) is 19.4 Å². The Bertz CT molecular complexity index is 506. The van der Waals surface area contributed by atoms with Crippen LogP contribution in [0.25, 0.3) is 0 Å². The highest BCUT2D eigenvalue weighted by Gasteiger charge is 2.11. The Labute approximate surface area is 138 Å². The number of nitrogens with zero attached hydrogens (tertiary/aromatic N) is 2. The molecule has 0 aliphatic carbocycles. The van der Waals surface area contributed by atoms with E-state index in [2.05, 4.69) is 18.7 Å². The molecule has 1 rings (SSSR count). The Hall–Kier alpha value is -1.37. The minimum Gasteiger partial charge on any atom is -0.503 e. The summed E-state index contributed by atoms with van der Waals surface area (Å²) in [6, 6.07) is 1.53. The third-order valence-corrected chi connectivity index (χ3v) is 3.75. The summed E-state index contributed by atoms with van der Waals surface area (Å²) in [5.74, 6) is 0.361. The predicted molar refractivity (Wildman–Crippen MR) is 90.9 cm³/mol. The van der Waals surface area contributed by atoms with Crippen molar-refractivity contribution in [3.8, 4) is 5.75 Å². The SMILES string of the molecule is COCCN(CCOC)Cc1cc(=O)c(O)cn1CCC(C)C. The van der Waals surface area contributed by atoms with Crippen molar-refractivity contribution >= 4 is 0 Å². The highest BCUT2D eigenvalue weighted by Crippen LogP contribution is 2.11. The minimum atomic E-state index is -0.334. The van der Waals surface area contributed by atoms with Crippen LogP contribution in [-0.4, -0.2) is 55.1 Å². The predicted octanol–water partition coefficient (Wildman–Crippen LogP) is 1.69. The van der Waals surface area contributed by atoms with Crippen LogP contribution in [0.2, 0.25) is 0 Å². The third-order valence-electron chi connectivity index (χ3n) is 3.75. The lowest BCUT2D eigenvalue weighted by molar-refractivity contribution is 0.108. The Morgan fingerprint density at radius 3 is 2.35 bits per heavy atom. The molecule has 0 amide bonds. The lowest BCUT2D eigenvalue weighted by Crippen LogP contribution is -2.32. The van der Waals surface area contributed by atoms with Crippen LogP contribution in [0.4, 0.5) is 0 Å². The Kier molecular flexibility index (Phi) is 8.91. The van der Waals surface area contributed by atoms with Crippen molar-refractivity contribution in [2.24, 2.45) is 5.92 Å². The van der Waals surface area contributed by atoms with E-state index >= 15 is 0 Å². The van der Waals surface area contributed by atoms with Gasteiger partial charge < -0.3 is 19.1 Å². The minimum absolute atomic E-state index is 0.196. The Morgan fingerprint density at radius 1 is 1.22 bits per heavy atom. The van der Waals surface area contributed by atoms with Crippen LogP contribution in [0.15, 0.2) is 17.1 Å². The van der Waals surface area contributed by atoms with Crippen LogP contribution in [-0.2, 0) is 22.6 Å². The van der Waals surface area contributed by atoms with Gasteiger partial charge >= 0.3 is 0 Å². The molecule has 0 spiro atoms. The molecule has 0 aromatic carbocycles. The van der Waals surface area contributed by atoms with Crippen LogP contribution in [0.1, 0.15) is 26.0 Å². The second kappa shape index (κ2) is 10.4. The average Bonchev–Trinajstić information content (AvgIpc) is 2.51. The second-order valence-corrected chi connectivity index (χ2v) is 6.15. The highest BCUT2D eigenvalue weighted by molar-refractivity contribution is 5.20. The molecule has 0 atom stereocenters. The zero-order valence-electron chi connectivity index (χ0n) is 14.7. The summed E-state index contributed by atoms with van der Waals surface area (Å²) >= 11 is 0. The number of aryl methyl sites for hydroxylation is 1. The first-order valence-electron chi connectivity index (χ1n) is 8.10. The van der Waals surface area contributed by atoms with Gasteiger partial charge in [-0.15, -0.1) is 0 Å². The molecular weight excluding hydrogens is 296 g/mol. The fourth-order valence-electron chi connectivity index (χ4n) is 2.28. The molecule has 23 heavy (non-hydrogen) atoms. The van der Waals surface area contributed by atoms with E-state index in [4.69, 9.17) is 9.47 Å². The molecule has 0 aliphatic rings. The van der Waals surface area contributed by atoms with Gasteiger partial charge in [-0.2, -0.15) is 0 Å². The van der Waals surface area contributed by atoms with Crippen LogP contribution in [0.3, 0.4) is 0 Å². The lowest BCUT2D eigenvalue weighted by atomic mass is 10.1. The van der Waals surface area contributed by atoms with Crippen LogP contribution in [0.5, 0.6) is 5.75 Å². The van der Waals surface area contributed by atoms with E-state index < -0.39 is 0 Å². The van der Waals surface area contributed by atoms with Crippen molar-refractivity contribution < 1.29 is 14.6 Å². The fourth-order valence-corrected chi connectivity index (χ4v) is 2.28. The molecule has 0 saturated carbocycles. The van der Waals surface area contributed by atoms with Gasteiger partial charge in [-0.1, -0.05) is 13.8 Å². The molecule has 0 bridgehead atoms. The van der Waals surface area contributed by atoms with Gasteiger partial charge in [0.2, 0.25) is 5.43 Å². The van der Waals surface area contributed by atoms with Crippen LogP contribution in [0, 0.1) is 5.92 Å². The number of pyridine rings is 1. The van der Waals surface area contributed by atoms with Gasteiger partial charge in [0.15, 0.2) is 5.75 Å². The second-order valence-electron chi connectivity index (χ2n) is 6.15. The van der Waals surface area contributed by atoms with E-state index in [1.54, 1.807) is 20.4 Å². The molecule has 1 aromatic heterocycles. The summed E-state index contributed by atoms with van der Waals surface area (Å²) in [6.45, 7) is 8.49. The van der Waals surface area contributed by atoms with Gasteiger partial charge in [0, 0.05) is 52.2 Å². The highest BCUT2D eigenvalue weighted by atomic mass is 16.5. The molecule has 132 valence electrons. The summed E-state index contributed by atoms with van der Waals surface area (Å²) in [6.07, 6.45) is 2.54. The molecule has 6 nitrogen and oxygen atoms in total.